The molecule has 3 heterocycles. The third kappa shape index (κ3) is 2.86. The minimum Gasteiger partial charge on any atom is -0.448 e. The van der Waals surface area contributed by atoms with Crippen LogP contribution >= 0.6 is 27.7 Å². The number of fused-ring (bicyclic) bond motifs is 3. The Morgan fingerprint density at radius 2 is 2.04 bits per heavy atom. The van der Waals surface area contributed by atoms with E-state index in [1.807, 2.05) is 30.5 Å². The largest absolute Gasteiger partial charge is 0.448 e. The van der Waals surface area contributed by atoms with E-state index in [4.69, 9.17) is 9.15 Å². The first kappa shape index (κ1) is 17.0. The van der Waals surface area contributed by atoms with E-state index in [1.54, 1.807) is 12.1 Å². The highest BCUT2D eigenvalue weighted by atomic mass is 79.9. The summed E-state index contributed by atoms with van der Waals surface area (Å²) in [6.45, 7) is 1.48. The average Bonchev–Trinajstić information content (AvgIpc) is 3.01. The summed E-state index contributed by atoms with van der Waals surface area (Å²) in [6, 6.07) is 10.9. The predicted molar refractivity (Wildman–Crippen MR) is 100.0 cm³/mol. The molecule has 3 aromatic rings. The molecule has 7 nitrogen and oxygen atoms in total. The van der Waals surface area contributed by atoms with Gasteiger partial charge < -0.3 is 9.15 Å². The molecule has 26 heavy (non-hydrogen) atoms. The van der Waals surface area contributed by atoms with Crippen LogP contribution in [0.1, 0.15) is 18.9 Å². The topological polar surface area (TPSA) is 81.3 Å². The van der Waals surface area contributed by atoms with Gasteiger partial charge in [-0.25, -0.2) is 0 Å². The van der Waals surface area contributed by atoms with Gasteiger partial charge in [0.25, 0.3) is 0 Å². The van der Waals surface area contributed by atoms with Crippen molar-refractivity contribution in [1.29, 1.82) is 0 Å². The van der Waals surface area contributed by atoms with Crippen LogP contribution in [0.5, 0.6) is 5.88 Å². The maximum absolute atomic E-state index is 12.5. The van der Waals surface area contributed by atoms with Crippen LogP contribution in [0.2, 0.25) is 0 Å². The normalized spacial score (nSPS) is 15.7. The van der Waals surface area contributed by atoms with Gasteiger partial charge in [-0.15, -0.1) is 10.2 Å². The Hall–Kier alpha value is -2.39. The molecule has 9 heteroatoms. The lowest BCUT2D eigenvalue weighted by Gasteiger charge is -2.28. The second-order valence-electron chi connectivity index (χ2n) is 5.47. The SMILES string of the molecule is CSc1nnc2c(n1)O[C@H](c1ccc(Br)o1)N(C(C)=O)c1ccccc1-2. The molecule has 0 aliphatic carbocycles. The molecule has 2 aromatic heterocycles. The van der Waals surface area contributed by atoms with E-state index in [0.717, 1.165) is 5.56 Å². The van der Waals surface area contributed by atoms with E-state index in [2.05, 4.69) is 31.1 Å². The molecule has 4 rings (SSSR count). The highest BCUT2D eigenvalue weighted by molar-refractivity contribution is 9.10. The van der Waals surface area contributed by atoms with E-state index in [0.29, 0.717) is 32.8 Å². The van der Waals surface area contributed by atoms with Crippen LogP contribution in [-0.4, -0.2) is 27.3 Å². The summed E-state index contributed by atoms with van der Waals surface area (Å²) >= 11 is 4.66. The van der Waals surface area contributed by atoms with Crippen molar-refractivity contribution in [3.63, 3.8) is 0 Å². The van der Waals surface area contributed by atoms with Crippen LogP contribution in [0.15, 0.2) is 50.6 Å². The van der Waals surface area contributed by atoms with Crippen molar-refractivity contribution in [1.82, 2.24) is 15.2 Å². The minimum atomic E-state index is -0.812. The molecule has 1 amide bonds. The molecular weight excluding hydrogens is 420 g/mol. The molecule has 1 atom stereocenters. The van der Waals surface area contributed by atoms with Gasteiger partial charge >= 0.3 is 0 Å². The van der Waals surface area contributed by atoms with Gasteiger partial charge in [-0.2, -0.15) is 4.98 Å². The van der Waals surface area contributed by atoms with Gasteiger partial charge in [0.15, 0.2) is 16.1 Å². The van der Waals surface area contributed by atoms with Crippen LogP contribution in [0, 0.1) is 0 Å². The molecule has 132 valence electrons. The second kappa shape index (κ2) is 6.73. The number of carbonyl (C=O) groups is 1. The Morgan fingerprint density at radius 1 is 1.23 bits per heavy atom. The molecule has 1 aromatic carbocycles. The smallest absolute Gasteiger partial charge is 0.247 e. The van der Waals surface area contributed by atoms with Crippen molar-refractivity contribution in [2.45, 2.75) is 18.3 Å². The van der Waals surface area contributed by atoms with Gasteiger partial charge in [0.1, 0.15) is 0 Å². The van der Waals surface area contributed by atoms with Gasteiger partial charge in [0.2, 0.25) is 23.2 Å². The number of carbonyl (C=O) groups excluding carboxylic acids is 1. The summed E-state index contributed by atoms with van der Waals surface area (Å²) < 4.78 is 12.3. The molecular formula is C17H13BrN4O3S. The maximum Gasteiger partial charge on any atom is 0.247 e. The molecule has 0 saturated carbocycles. The molecule has 1 aliphatic heterocycles. The quantitative estimate of drug-likeness (QED) is 0.564. The lowest BCUT2D eigenvalue weighted by atomic mass is 10.1. The number of rotatable bonds is 2. The van der Waals surface area contributed by atoms with Gasteiger partial charge in [-0.05, 0) is 40.4 Å². The first-order valence-electron chi connectivity index (χ1n) is 7.68. The minimum absolute atomic E-state index is 0.194. The van der Waals surface area contributed by atoms with E-state index in [9.17, 15) is 4.79 Å². The molecule has 1 aliphatic rings. The first-order chi connectivity index (χ1) is 12.6. The number of aromatic nitrogens is 3. The fourth-order valence-corrected chi connectivity index (χ4v) is 3.40. The fraction of sp³-hybridized carbons (Fsp3) is 0.176. The number of halogens is 1. The lowest BCUT2D eigenvalue weighted by Crippen LogP contribution is -2.35. The summed E-state index contributed by atoms with van der Waals surface area (Å²) in [5.74, 6) is 0.581. The van der Waals surface area contributed by atoms with Crippen molar-refractivity contribution < 1.29 is 13.9 Å². The standard InChI is InChI=1S/C17H13BrN4O3S/c1-9(23)22-11-6-4-3-5-10(11)14-15(19-17(26-2)21-20-14)25-16(22)12-7-8-13(18)24-12/h3-8,16H,1-2H3/t16-/m1/s1. The zero-order valence-electron chi connectivity index (χ0n) is 13.8. The molecule has 0 saturated heterocycles. The van der Waals surface area contributed by atoms with Crippen LogP contribution in [0.4, 0.5) is 5.69 Å². The zero-order valence-corrected chi connectivity index (χ0v) is 16.2. The zero-order chi connectivity index (χ0) is 18.3. The molecule has 0 unspecified atom stereocenters. The number of amides is 1. The van der Waals surface area contributed by atoms with Crippen molar-refractivity contribution in [3.05, 3.63) is 46.8 Å². The number of para-hydroxylation sites is 1. The summed E-state index contributed by atoms with van der Waals surface area (Å²) in [5.41, 5.74) is 1.86. The second-order valence-corrected chi connectivity index (χ2v) is 7.03. The van der Waals surface area contributed by atoms with Crippen molar-refractivity contribution in [2.24, 2.45) is 0 Å². The highest BCUT2D eigenvalue weighted by Crippen LogP contribution is 2.43. The molecule has 0 radical (unpaired) electrons. The Bertz CT molecular complexity index is 994. The monoisotopic (exact) mass is 432 g/mol. The lowest BCUT2D eigenvalue weighted by molar-refractivity contribution is -0.118. The van der Waals surface area contributed by atoms with Crippen molar-refractivity contribution >= 4 is 39.3 Å². The summed E-state index contributed by atoms with van der Waals surface area (Å²) in [4.78, 5) is 18.5. The number of furan rings is 1. The Balaban J connectivity index is 1.97. The first-order valence-corrected chi connectivity index (χ1v) is 9.70. The number of thioether (sulfide) groups is 1. The molecule has 0 spiro atoms. The summed E-state index contributed by atoms with van der Waals surface area (Å²) in [5, 5.41) is 8.88. The number of nitrogens with zero attached hydrogens (tertiary/aromatic N) is 4. The van der Waals surface area contributed by atoms with Crippen molar-refractivity contribution in [2.75, 3.05) is 11.2 Å². The average molecular weight is 433 g/mol. The maximum atomic E-state index is 12.5. The number of hydrogen-bond donors (Lipinski definition) is 0. The predicted octanol–water partition coefficient (Wildman–Crippen LogP) is 4.06. The number of benzene rings is 1. The van der Waals surface area contributed by atoms with Gasteiger partial charge in [-0.1, -0.05) is 30.0 Å². The Labute approximate surface area is 161 Å². The summed E-state index contributed by atoms with van der Waals surface area (Å²) in [7, 11) is 0. The van der Waals surface area contributed by atoms with E-state index in [-0.39, 0.29) is 5.91 Å². The number of ether oxygens (including phenoxy) is 1. The Kier molecular flexibility index (Phi) is 4.41. The number of anilines is 1. The van der Waals surface area contributed by atoms with Crippen molar-refractivity contribution in [3.8, 4) is 17.1 Å². The van der Waals surface area contributed by atoms with Gasteiger partial charge in [0.05, 0.1) is 5.69 Å². The highest BCUT2D eigenvalue weighted by Gasteiger charge is 2.36. The van der Waals surface area contributed by atoms with Crippen LogP contribution in [0.25, 0.3) is 11.3 Å². The summed E-state index contributed by atoms with van der Waals surface area (Å²) in [6.07, 6.45) is 1.05. The van der Waals surface area contributed by atoms with E-state index in [1.165, 1.54) is 23.6 Å². The third-order valence-electron chi connectivity index (χ3n) is 3.87. The van der Waals surface area contributed by atoms with Crippen LogP contribution in [0.3, 0.4) is 0 Å². The third-order valence-corrected chi connectivity index (χ3v) is 4.84. The number of hydrogen-bond acceptors (Lipinski definition) is 7. The van der Waals surface area contributed by atoms with E-state index < -0.39 is 6.23 Å². The molecule has 0 N–H and O–H groups in total. The van der Waals surface area contributed by atoms with Crippen LogP contribution in [-0.2, 0) is 4.79 Å². The van der Waals surface area contributed by atoms with Crippen LogP contribution < -0.4 is 9.64 Å². The molecule has 0 bridgehead atoms. The fourth-order valence-electron chi connectivity index (χ4n) is 2.79. The Morgan fingerprint density at radius 3 is 2.73 bits per heavy atom. The molecule has 0 fully saturated rings. The van der Waals surface area contributed by atoms with Gasteiger partial charge in [-0.3, -0.25) is 9.69 Å². The van der Waals surface area contributed by atoms with Gasteiger partial charge in [0, 0.05) is 12.5 Å². The van der Waals surface area contributed by atoms with E-state index >= 15 is 0 Å².